The van der Waals surface area contributed by atoms with Crippen LogP contribution in [0.15, 0.2) is 0 Å². The summed E-state index contributed by atoms with van der Waals surface area (Å²) < 4.78 is 0. The molecule has 2 fully saturated rings. The van der Waals surface area contributed by atoms with Crippen LogP contribution in [0.1, 0.15) is 44.9 Å². The van der Waals surface area contributed by atoms with Gasteiger partial charge in [-0.3, -0.25) is 4.79 Å². The van der Waals surface area contributed by atoms with Crippen LogP contribution < -0.4 is 0 Å². The molecule has 0 aromatic heterocycles. The van der Waals surface area contributed by atoms with Crippen molar-refractivity contribution in [3.8, 4) is 0 Å². The Bertz CT molecular complexity index is 353. The summed E-state index contributed by atoms with van der Waals surface area (Å²) in [4.78, 5) is 27.0. The van der Waals surface area contributed by atoms with Crippen molar-refractivity contribution >= 4 is 12.0 Å². The number of carbonyl (C=O) groups is 2. The molecule has 20 heavy (non-hydrogen) atoms. The number of carboxylic acids is 1. The van der Waals surface area contributed by atoms with Crippen LogP contribution in [0.25, 0.3) is 0 Å². The smallest absolute Gasteiger partial charge is 0.319 e. The largest absolute Gasteiger partial charge is 0.481 e. The van der Waals surface area contributed by atoms with Gasteiger partial charge in [0.05, 0.1) is 5.92 Å². The van der Waals surface area contributed by atoms with E-state index in [9.17, 15) is 9.59 Å². The first-order chi connectivity index (χ1) is 9.58. The number of piperidine rings is 1. The SMILES string of the molecule is CN(CC1CCCCC1)C(=O)N1CCC[C@@H](C(=O)O)C1. The summed E-state index contributed by atoms with van der Waals surface area (Å²) >= 11 is 0. The fourth-order valence-electron chi connectivity index (χ4n) is 3.43. The highest BCUT2D eigenvalue weighted by atomic mass is 16.4. The zero-order valence-corrected chi connectivity index (χ0v) is 12.4. The van der Waals surface area contributed by atoms with Crippen molar-refractivity contribution in [1.82, 2.24) is 9.80 Å². The van der Waals surface area contributed by atoms with Gasteiger partial charge in [-0.1, -0.05) is 19.3 Å². The summed E-state index contributed by atoms with van der Waals surface area (Å²) in [5.74, 6) is -0.550. The molecule has 2 amide bonds. The van der Waals surface area contributed by atoms with Gasteiger partial charge in [-0.15, -0.1) is 0 Å². The van der Waals surface area contributed by atoms with Crippen LogP contribution in [-0.4, -0.2) is 53.6 Å². The third kappa shape index (κ3) is 3.87. The van der Waals surface area contributed by atoms with Crippen LogP contribution in [-0.2, 0) is 4.79 Å². The number of carbonyl (C=O) groups excluding carboxylic acids is 1. The van der Waals surface area contributed by atoms with E-state index in [1.165, 1.54) is 32.1 Å². The van der Waals surface area contributed by atoms with Crippen LogP contribution in [0.3, 0.4) is 0 Å². The summed E-state index contributed by atoms with van der Waals surface area (Å²) in [7, 11) is 1.85. The van der Waals surface area contributed by atoms with Crippen molar-refractivity contribution < 1.29 is 14.7 Å². The Morgan fingerprint density at radius 2 is 1.85 bits per heavy atom. The lowest BCUT2D eigenvalue weighted by Gasteiger charge is -2.35. The first-order valence-corrected chi connectivity index (χ1v) is 7.80. The minimum Gasteiger partial charge on any atom is -0.481 e. The average Bonchev–Trinajstić information content (AvgIpc) is 2.47. The molecule has 114 valence electrons. The Balaban J connectivity index is 1.84. The van der Waals surface area contributed by atoms with Gasteiger partial charge < -0.3 is 14.9 Å². The van der Waals surface area contributed by atoms with E-state index in [2.05, 4.69) is 0 Å². The van der Waals surface area contributed by atoms with Gasteiger partial charge >= 0.3 is 12.0 Å². The Morgan fingerprint density at radius 1 is 1.15 bits per heavy atom. The van der Waals surface area contributed by atoms with Crippen molar-refractivity contribution in [2.45, 2.75) is 44.9 Å². The van der Waals surface area contributed by atoms with Crippen LogP contribution >= 0.6 is 0 Å². The van der Waals surface area contributed by atoms with Gasteiger partial charge in [-0.2, -0.15) is 0 Å². The van der Waals surface area contributed by atoms with E-state index in [1.54, 1.807) is 9.80 Å². The lowest BCUT2D eigenvalue weighted by molar-refractivity contribution is -0.143. The van der Waals surface area contributed by atoms with Gasteiger partial charge in [-0.05, 0) is 31.6 Å². The normalized spacial score (nSPS) is 24.4. The van der Waals surface area contributed by atoms with Gasteiger partial charge in [0, 0.05) is 26.7 Å². The highest BCUT2D eigenvalue weighted by molar-refractivity contribution is 5.76. The fraction of sp³-hybridized carbons (Fsp3) is 0.867. The molecule has 0 spiro atoms. The number of likely N-dealkylation sites (tertiary alicyclic amines) is 1. The monoisotopic (exact) mass is 282 g/mol. The molecule has 1 N–H and O–H groups in total. The predicted octanol–water partition coefficient (Wildman–Crippen LogP) is 2.42. The van der Waals surface area contributed by atoms with Gasteiger partial charge in [0.25, 0.3) is 0 Å². The van der Waals surface area contributed by atoms with Crippen molar-refractivity contribution in [1.29, 1.82) is 0 Å². The van der Waals surface area contributed by atoms with E-state index in [0.717, 1.165) is 13.0 Å². The first-order valence-electron chi connectivity index (χ1n) is 7.80. The molecule has 5 nitrogen and oxygen atoms in total. The number of urea groups is 1. The number of amides is 2. The Morgan fingerprint density at radius 3 is 2.50 bits per heavy atom. The third-order valence-electron chi connectivity index (χ3n) is 4.62. The van der Waals surface area contributed by atoms with Crippen LogP contribution in [0.5, 0.6) is 0 Å². The number of nitrogens with zero attached hydrogens (tertiary/aromatic N) is 2. The fourth-order valence-corrected chi connectivity index (χ4v) is 3.43. The Labute approximate surface area is 120 Å². The van der Waals surface area contributed by atoms with E-state index in [-0.39, 0.29) is 6.03 Å². The van der Waals surface area contributed by atoms with E-state index < -0.39 is 11.9 Å². The maximum atomic E-state index is 12.4. The molecule has 1 aliphatic heterocycles. The lowest BCUT2D eigenvalue weighted by atomic mass is 9.89. The molecule has 0 unspecified atom stereocenters. The Hall–Kier alpha value is -1.26. The highest BCUT2D eigenvalue weighted by Gasteiger charge is 2.30. The van der Waals surface area contributed by atoms with E-state index in [4.69, 9.17) is 5.11 Å². The molecule has 1 saturated carbocycles. The molecule has 1 saturated heterocycles. The standard InChI is InChI=1S/C15H26N2O3/c1-16(10-12-6-3-2-4-7-12)15(20)17-9-5-8-13(11-17)14(18)19/h12-13H,2-11H2,1H3,(H,18,19)/t13-/m1/s1. The quantitative estimate of drug-likeness (QED) is 0.864. The van der Waals surface area contributed by atoms with Crippen molar-refractivity contribution in [2.75, 3.05) is 26.7 Å². The molecule has 0 radical (unpaired) electrons. The molecule has 1 heterocycles. The first kappa shape index (κ1) is 15.1. The zero-order chi connectivity index (χ0) is 14.5. The molecular formula is C15H26N2O3. The van der Waals surface area contributed by atoms with Crippen molar-refractivity contribution in [3.05, 3.63) is 0 Å². The van der Waals surface area contributed by atoms with Crippen molar-refractivity contribution in [3.63, 3.8) is 0 Å². The molecule has 5 heteroatoms. The Kier molecular flexibility index (Phi) is 5.26. The predicted molar refractivity (Wildman–Crippen MR) is 76.5 cm³/mol. The summed E-state index contributed by atoms with van der Waals surface area (Å²) in [6.45, 7) is 1.87. The maximum absolute atomic E-state index is 12.4. The van der Waals surface area contributed by atoms with Crippen molar-refractivity contribution in [2.24, 2.45) is 11.8 Å². The van der Waals surface area contributed by atoms with E-state index >= 15 is 0 Å². The van der Waals surface area contributed by atoms with E-state index in [0.29, 0.717) is 25.4 Å². The number of rotatable bonds is 3. The summed E-state index contributed by atoms with van der Waals surface area (Å²) in [5.41, 5.74) is 0. The summed E-state index contributed by atoms with van der Waals surface area (Å²) in [6.07, 6.45) is 7.78. The van der Waals surface area contributed by atoms with Gasteiger partial charge in [0.15, 0.2) is 0 Å². The molecule has 0 aromatic carbocycles. The summed E-state index contributed by atoms with van der Waals surface area (Å²) in [5, 5.41) is 9.09. The second-order valence-electron chi connectivity index (χ2n) is 6.29. The minimum absolute atomic E-state index is 0.00141. The minimum atomic E-state index is -0.780. The maximum Gasteiger partial charge on any atom is 0.319 e. The number of aliphatic carboxylic acids is 1. The molecule has 2 rings (SSSR count). The zero-order valence-electron chi connectivity index (χ0n) is 12.4. The summed E-state index contributed by atoms with van der Waals surface area (Å²) in [6, 6.07) is 0.00141. The molecular weight excluding hydrogens is 256 g/mol. The molecule has 2 aliphatic rings. The van der Waals surface area contributed by atoms with Crippen LogP contribution in [0, 0.1) is 11.8 Å². The molecule has 0 bridgehead atoms. The molecule has 1 atom stereocenters. The van der Waals surface area contributed by atoms with Gasteiger partial charge in [0.2, 0.25) is 0 Å². The van der Waals surface area contributed by atoms with Gasteiger partial charge in [0.1, 0.15) is 0 Å². The lowest BCUT2D eigenvalue weighted by Crippen LogP contribution is -2.48. The average molecular weight is 282 g/mol. The van der Waals surface area contributed by atoms with Crippen LogP contribution in [0.4, 0.5) is 4.79 Å². The van der Waals surface area contributed by atoms with Crippen LogP contribution in [0.2, 0.25) is 0 Å². The number of hydrogen-bond donors (Lipinski definition) is 1. The van der Waals surface area contributed by atoms with E-state index in [1.807, 2.05) is 7.05 Å². The number of hydrogen-bond acceptors (Lipinski definition) is 2. The van der Waals surface area contributed by atoms with Gasteiger partial charge in [-0.25, -0.2) is 4.79 Å². The third-order valence-corrected chi connectivity index (χ3v) is 4.62. The second kappa shape index (κ2) is 6.95. The molecule has 1 aliphatic carbocycles. The number of carboxylic acid groups (broad SMARTS) is 1. The second-order valence-corrected chi connectivity index (χ2v) is 6.29. The topological polar surface area (TPSA) is 60.9 Å². The molecule has 0 aromatic rings. The highest BCUT2D eigenvalue weighted by Crippen LogP contribution is 2.25.